The summed E-state index contributed by atoms with van der Waals surface area (Å²) in [6, 6.07) is 8.14. The predicted molar refractivity (Wildman–Crippen MR) is 93.3 cm³/mol. The van der Waals surface area contributed by atoms with Crippen molar-refractivity contribution in [1.29, 1.82) is 0 Å². The third kappa shape index (κ3) is 3.72. The number of benzene rings is 1. The zero-order valence-corrected chi connectivity index (χ0v) is 14.4. The number of nitrogens with one attached hydrogen (secondary N) is 1. The minimum atomic E-state index is -1.01. The third-order valence-electron chi connectivity index (χ3n) is 4.03. The van der Waals surface area contributed by atoms with Crippen molar-refractivity contribution in [2.45, 2.75) is 18.6 Å². The van der Waals surface area contributed by atoms with Gasteiger partial charge in [-0.2, -0.15) is 16.4 Å². The molecule has 1 aromatic carbocycles. The molecule has 3 aromatic rings. The molecule has 0 saturated heterocycles. The molecule has 0 bridgehead atoms. The highest BCUT2D eigenvalue weighted by molar-refractivity contribution is 7.08. The number of aliphatic hydroxyl groups is 1. The molecule has 3 rings (SSSR count). The molecule has 0 amide bonds. The molecular weight excluding hydrogens is 325 g/mol. The highest BCUT2D eigenvalue weighted by atomic mass is 32.1. The molecule has 126 valence electrons. The van der Waals surface area contributed by atoms with E-state index in [4.69, 9.17) is 0 Å². The number of aromatic nitrogens is 2. The predicted octanol–water partition coefficient (Wildman–Crippen LogP) is 3.21. The van der Waals surface area contributed by atoms with E-state index in [1.807, 2.05) is 36.1 Å². The molecular formula is C18H20FN3OS. The Morgan fingerprint density at radius 3 is 2.83 bits per heavy atom. The van der Waals surface area contributed by atoms with E-state index in [2.05, 4.69) is 10.4 Å². The molecule has 2 N–H and O–H groups in total. The number of hydrogen-bond donors (Lipinski definition) is 2. The van der Waals surface area contributed by atoms with E-state index >= 15 is 0 Å². The van der Waals surface area contributed by atoms with Gasteiger partial charge in [-0.1, -0.05) is 12.1 Å². The van der Waals surface area contributed by atoms with Crippen LogP contribution in [-0.4, -0.2) is 21.4 Å². The topological polar surface area (TPSA) is 50.1 Å². The summed E-state index contributed by atoms with van der Waals surface area (Å²) in [6.45, 7) is 2.10. The average molecular weight is 345 g/mol. The van der Waals surface area contributed by atoms with Crippen LogP contribution in [0.1, 0.15) is 29.7 Å². The van der Waals surface area contributed by atoms with E-state index in [1.165, 1.54) is 12.1 Å². The lowest BCUT2D eigenvalue weighted by Gasteiger charge is -2.27. The molecule has 0 aliphatic heterocycles. The maximum atomic E-state index is 13.6. The highest BCUT2D eigenvalue weighted by Crippen LogP contribution is 2.26. The zero-order chi connectivity index (χ0) is 17.2. The fourth-order valence-corrected chi connectivity index (χ4v) is 3.46. The van der Waals surface area contributed by atoms with E-state index in [9.17, 15) is 9.50 Å². The van der Waals surface area contributed by atoms with Crippen molar-refractivity contribution in [2.75, 3.05) is 6.54 Å². The lowest BCUT2D eigenvalue weighted by Crippen LogP contribution is -2.37. The Morgan fingerprint density at radius 1 is 1.38 bits per heavy atom. The van der Waals surface area contributed by atoms with Gasteiger partial charge in [-0.05, 0) is 47.0 Å². The van der Waals surface area contributed by atoms with Gasteiger partial charge in [0.25, 0.3) is 0 Å². The lowest BCUT2D eigenvalue weighted by molar-refractivity contribution is 0.0555. The van der Waals surface area contributed by atoms with E-state index in [0.717, 1.165) is 16.7 Å². The molecule has 4 nitrogen and oxygen atoms in total. The largest absolute Gasteiger partial charge is 0.384 e. The number of rotatable bonds is 6. The molecule has 0 aliphatic carbocycles. The number of aryl methyl sites for hydroxylation is 1. The first-order valence-electron chi connectivity index (χ1n) is 7.68. The number of halogens is 1. The number of nitrogens with zero attached hydrogens (tertiary/aromatic N) is 2. The lowest BCUT2D eigenvalue weighted by atomic mass is 9.96. The van der Waals surface area contributed by atoms with Gasteiger partial charge in [0, 0.05) is 25.4 Å². The van der Waals surface area contributed by atoms with Gasteiger partial charge in [0.2, 0.25) is 0 Å². The molecule has 0 fully saturated rings. The molecule has 0 spiro atoms. The summed E-state index contributed by atoms with van der Waals surface area (Å²) in [7, 11) is 1.84. The molecule has 2 aromatic heterocycles. The van der Waals surface area contributed by atoms with Gasteiger partial charge in [0.15, 0.2) is 0 Å². The van der Waals surface area contributed by atoms with Crippen molar-refractivity contribution in [3.63, 3.8) is 0 Å². The second-order valence-corrected chi connectivity index (χ2v) is 6.88. The second-order valence-electron chi connectivity index (χ2n) is 6.10. The van der Waals surface area contributed by atoms with Crippen LogP contribution < -0.4 is 5.32 Å². The van der Waals surface area contributed by atoms with Crippen molar-refractivity contribution in [2.24, 2.45) is 7.05 Å². The van der Waals surface area contributed by atoms with Gasteiger partial charge in [0.1, 0.15) is 11.4 Å². The fraction of sp³-hybridized carbons (Fsp3) is 0.278. The third-order valence-corrected chi connectivity index (χ3v) is 4.72. The Morgan fingerprint density at radius 2 is 2.21 bits per heavy atom. The molecule has 0 radical (unpaired) electrons. The van der Waals surface area contributed by atoms with Crippen LogP contribution in [0.25, 0.3) is 0 Å². The van der Waals surface area contributed by atoms with Gasteiger partial charge in [-0.15, -0.1) is 0 Å². The summed E-state index contributed by atoms with van der Waals surface area (Å²) in [5.74, 6) is -0.284. The minimum Gasteiger partial charge on any atom is -0.384 e. The Labute approximate surface area is 144 Å². The Kier molecular flexibility index (Phi) is 4.80. The standard InChI is InChI=1S/C18H20FN3OS/c1-18(23,15-6-7-24-11-15)12-20-17(14-9-21-22(2)10-14)13-4-3-5-16(19)8-13/h3-11,17,20,23H,12H2,1-2H3. The van der Waals surface area contributed by atoms with Gasteiger partial charge in [-0.25, -0.2) is 4.39 Å². The average Bonchev–Trinajstić information content (AvgIpc) is 3.20. The van der Waals surface area contributed by atoms with Gasteiger partial charge in [-0.3, -0.25) is 4.68 Å². The molecule has 6 heteroatoms. The smallest absolute Gasteiger partial charge is 0.123 e. The molecule has 2 heterocycles. The maximum Gasteiger partial charge on any atom is 0.123 e. The molecule has 0 saturated carbocycles. The normalized spacial score (nSPS) is 15.2. The van der Waals surface area contributed by atoms with Crippen molar-refractivity contribution < 1.29 is 9.50 Å². The van der Waals surface area contributed by atoms with Crippen molar-refractivity contribution in [3.05, 3.63) is 76.0 Å². The van der Waals surface area contributed by atoms with Crippen molar-refractivity contribution in [1.82, 2.24) is 15.1 Å². The van der Waals surface area contributed by atoms with E-state index in [0.29, 0.717) is 6.54 Å². The van der Waals surface area contributed by atoms with Crippen molar-refractivity contribution in [3.8, 4) is 0 Å². The summed E-state index contributed by atoms with van der Waals surface area (Å²) >= 11 is 1.55. The number of thiophene rings is 1. The minimum absolute atomic E-state index is 0.250. The summed E-state index contributed by atoms with van der Waals surface area (Å²) in [6.07, 6.45) is 3.64. The highest BCUT2D eigenvalue weighted by Gasteiger charge is 2.26. The van der Waals surface area contributed by atoms with E-state index in [1.54, 1.807) is 35.2 Å². The van der Waals surface area contributed by atoms with Crippen LogP contribution in [0, 0.1) is 5.82 Å². The van der Waals surface area contributed by atoms with Crippen LogP contribution in [0.3, 0.4) is 0 Å². The van der Waals surface area contributed by atoms with E-state index < -0.39 is 5.60 Å². The van der Waals surface area contributed by atoms with Gasteiger partial charge >= 0.3 is 0 Å². The Bertz CT molecular complexity index is 798. The van der Waals surface area contributed by atoms with Crippen LogP contribution in [0.5, 0.6) is 0 Å². The molecule has 2 atom stereocenters. The summed E-state index contributed by atoms with van der Waals surface area (Å²) in [5, 5.41) is 22.2. The quantitative estimate of drug-likeness (QED) is 0.721. The SMILES string of the molecule is Cn1cc(C(NCC(C)(O)c2ccsc2)c2cccc(F)c2)cn1. The van der Waals surface area contributed by atoms with Crippen LogP contribution in [-0.2, 0) is 12.6 Å². The van der Waals surface area contributed by atoms with Gasteiger partial charge in [0.05, 0.1) is 12.2 Å². The number of hydrogen-bond acceptors (Lipinski definition) is 4. The van der Waals surface area contributed by atoms with Crippen LogP contribution in [0.2, 0.25) is 0 Å². The van der Waals surface area contributed by atoms with E-state index in [-0.39, 0.29) is 11.9 Å². The summed E-state index contributed by atoms with van der Waals surface area (Å²) < 4.78 is 15.4. The Balaban J connectivity index is 1.85. The molecule has 2 unspecified atom stereocenters. The van der Waals surface area contributed by atoms with Crippen LogP contribution in [0.15, 0.2) is 53.5 Å². The van der Waals surface area contributed by atoms with Crippen molar-refractivity contribution >= 4 is 11.3 Å². The zero-order valence-electron chi connectivity index (χ0n) is 13.6. The monoisotopic (exact) mass is 345 g/mol. The van der Waals surface area contributed by atoms with Gasteiger partial charge < -0.3 is 10.4 Å². The van der Waals surface area contributed by atoms with Crippen LogP contribution >= 0.6 is 11.3 Å². The second kappa shape index (κ2) is 6.84. The fourth-order valence-electron chi connectivity index (χ4n) is 2.68. The maximum absolute atomic E-state index is 13.6. The summed E-state index contributed by atoms with van der Waals surface area (Å²) in [4.78, 5) is 0. The van der Waals surface area contributed by atoms with Crippen LogP contribution in [0.4, 0.5) is 4.39 Å². The first kappa shape index (κ1) is 16.8. The summed E-state index contributed by atoms with van der Waals surface area (Å²) in [5.41, 5.74) is 1.57. The Hall–Kier alpha value is -2.02. The molecule has 0 aliphatic rings. The first-order chi connectivity index (χ1) is 11.5. The first-order valence-corrected chi connectivity index (χ1v) is 8.62. The molecule has 24 heavy (non-hydrogen) atoms.